The maximum atomic E-state index is 11.7. The van der Waals surface area contributed by atoms with Crippen molar-refractivity contribution in [3.8, 4) is 0 Å². The number of rotatable bonds is 1. The molecule has 1 amide bonds. The first kappa shape index (κ1) is 10.9. The maximum absolute atomic E-state index is 11.7. The average Bonchev–Trinajstić information content (AvgIpc) is 2.69. The Morgan fingerprint density at radius 3 is 2.78 bits per heavy atom. The van der Waals surface area contributed by atoms with Crippen LogP contribution in [-0.4, -0.2) is 17.6 Å². The second kappa shape index (κ2) is 3.92. The zero-order valence-corrected chi connectivity index (χ0v) is 9.99. The number of amides is 1. The molecule has 1 aliphatic rings. The molecule has 0 atom stereocenters. The van der Waals surface area contributed by atoms with Gasteiger partial charge in [0.15, 0.2) is 5.11 Å². The van der Waals surface area contributed by atoms with Gasteiger partial charge in [0.25, 0.3) is 5.91 Å². The van der Waals surface area contributed by atoms with Crippen LogP contribution in [0.1, 0.15) is 0 Å². The van der Waals surface area contributed by atoms with Crippen LogP contribution in [0.4, 0.5) is 5.69 Å². The molecule has 3 rings (SSSR count). The summed E-state index contributed by atoms with van der Waals surface area (Å²) in [6.07, 6.45) is 0. The molecule has 1 saturated heterocycles. The van der Waals surface area contributed by atoms with Gasteiger partial charge in [0.05, 0.1) is 12.2 Å². The molecule has 1 fully saturated rings. The molecule has 5 nitrogen and oxygen atoms in total. The molecule has 0 bridgehead atoms. The lowest BCUT2D eigenvalue weighted by atomic mass is 10.2. The Hall–Kier alpha value is -2.21. The van der Waals surface area contributed by atoms with E-state index in [1.165, 1.54) is 11.0 Å². The molecular weight excluding hydrogens is 252 g/mol. The fourth-order valence-corrected chi connectivity index (χ4v) is 2.16. The molecule has 0 aliphatic carbocycles. The lowest BCUT2D eigenvalue weighted by Crippen LogP contribution is -2.30. The summed E-state index contributed by atoms with van der Waals surface area (Å²) in [5.41, 5.74) is 0.748. The number of fused-ring (bicyclic) bond motifs is 1. The third kappa shape index (κ3) is 1.67. The molecule has 2 heterocycles. The van der Waals surface area contributed by atoms with Crippen molar-refractivity contribution in [2.75, 3.05) is 11.4 Å². The summed E-state index contributed by atoms with van der Waals surface area (Å²) in [5.74, 6) is -0.100. The molecule has 0 saturated carbocycles. The van der Waals surface area contributed by atoms with Crippen molar-refractivity contribution in [1.29, 1.82) is 0 Å². The van der Waals surface area contributed by atoms with E-state index in [2.05, 4.69) is 5.32 Å². The summed E-state index contributed by atoms with van der Waals surface area (Å²) >= 11 is 5.06. The van der Waals surface area contributed by atoms with Gasteiger partial charge in [-0.25, -0.2) is 4.79 Å². The number of carbonyl (C=O) groups excluding carboxylic acids is 1. The highest BCUT2D eigenvalue weighted by molar-refractivity contribution is 7.80. The van der Waals surface area contributed by atoms with Crippen molar-refractivity contribution in [1.82, 2.24) is 5.32 Å². The summed E-state index contributed by atoms with van der Waals surface area (Å²) in [6.45, 7) is 0.209. The fraction of sp³-hybridized carbons (Fsp3) is 0.0833. The van der Waals surface area contributed by atoms with Crippen molar-refractivity contribution in [2.45, 2.75) is 0 Å². The van der Waals surface area contributed by atoms with Crippen LogP contribution < -0.4 is 15.8 Å². The normalized spacial score (nSPS) is 15.2. The highest BCUT2D eigenvalue weighted by Gasteiger charge is 2.26. The SMILES string of the molecule is O=C1CNC(=S)N1c1ccc2oc(=O)ccc2c1. The largest absolute Gasteiger partial charge is 0.423 e. The first-order valence-electron chi connectivity index (χ1n) is 5.30. The number of anilines is 1. The Bertz CT molecular complexity index is 707. The second-order valence-electron chi connectivity index (χ2n) is 3.86. The Morgan fingerprint density at radius 2 is 2.06 bits per heavy atom. The third-order valence-electron chi connectivity index (χ3n) is 2.70. The Balaban J connectivity index is 2.14. The van der Waals surface area contributed by atoms with Gasteiger partial charge in [-0.1, -0.05) is 0 Å². The van der Waals surface area contributed by atoms with Gasteiger partial charge in [-0.05, 0) is 36.5 Å². The summed E-state index contributed by atoms with van der Waals surface area (Å²) in [7, 11) is 0. The summed E-state index contributed by atoms with van der Waals surface area (Å²) in [4.78, 5) is 24.2. The van der Waals surface area contributed by atoms with Crippen LogP contribution in [0, 0.1) is 0 Å². The maximum Gasteiger partial charge on any atom is 0.336 e. The van der Waals surface area contributed by atoms with E-state index in [0.717, 1.165) is 5.39 Å². The van der Waals surface area contributed by atoms with E-state index in [4.69, 9.17) is 16.6 Å². The molecule has 1 N–H and O–H groups in total. The smallest absolute Gasteiger partial charge is 0.336 e. The minimum absolute atomic E-state index is 0.100. The van der Waals surface area contributed by atoms with Crippen molar-refractivity contribution in [3.63, 3.8) is 0 Å². The molecule has 0 radical (unpaired) electrons. The molecule has 0 spiro atoms. The molecule has 2 aromatic rings. The van der Waals surface area contributed by atoms with Crippen molar-refractivity contribution < 1.29 is 9.21 Å². The quantitative estimate of drug-likeness (QED) is 0.612. The molecule has 6 heteroatoms. The number of hydrogen-bond donors (Lipinski definition) is 1. The molecule has 0 unspecified atom stereocenters. The average molecular weight is 260 g/mol. The van der Waals surface area contributed by atoms with Gasteiger partial charge >= 0.3 is 5.63 Å². The van der Waals surface area contributed by atoms with E-state index in [-0.39, 0.29) is 12.5 Å². The van der Waals surface area contributed by atoms with Gasteiger partial charge in [-0.2, -0.15) is 0 Å². The number of hydrogen-bond acceptors (Lipinski definition) is 4. The van der Waals surface area contributed by atoms with Crippen LogP contribution in [0.2, 0.25) is 0 Å². The Labute approximate surface area is 107 Å². The summed E-state index contributed by atoms with van der Waals surface area (Å²) < 4.78 is 5.03. The van der Waals surface area contributed by atoms with Crippen LogP contribution in [0.3, 0.4) is 0 Å². The number of benzene rings is 1. The van der Waals surface area contributed by atoms with Gasteiger partial charge in [0.2, 0.25) is 0 Å². The topological polar surface area (TPSA) is 62.6 Å². The van der Waals surface area contributed by atoms with Crippen molar-refractivity contribution >= 4 is 39.9 Å². The molecular formula is C12H8N2O3S. The third-order valence-corrected chi connectivity index (χ3v) is 3.03. The molecule has 90 valence electrons. The summed E-state index contributed by atoms with van der Waals surface area (Å²) in [6, 6.07) is 8.11. The number of nitrogens with one attached hydrogen (secondary N) is 1. The summed E-state index contributed by atoms with van der Waals surface area (Å²) in [5, 5.41) is 3.94. The predicted molar refractivity (Wildman–Crippen MR) is 70.6 cm³/mol. The molecule has 1 aromatic heterocycles. The number of nitrogens with zero attached hydrogens (tertiary/aromatic N) is 1. The lowest BCUT2D eigenvalue weighted by Gasteiger charge is -2.14. The number of thiocarbonyl (C=S) groups is 1. The monoisotopic (exact) mass is 260 g/mol. The fourth-order valence-electron chi connectivity index (χ4n) is 1.88. The van der Waals surface area contributed by atoms with Crippen molar-refractivity contribution in [2.24, 2.45) is 0 Å². The first-order chi connectivity index (χ1) is 8.65. The zero-order chi connectivity index (χ0) is 12.7. The van der Waals surface area contributed by atoms with E-state index in [0.29, 0.717) is 16.4 Å². The Morgan fingerprint density at radius 1 is 1.22 bits per heavy atom. The standard InChI is InChI=1S/C12H8N2O3S/c15-10-6-13-12(18)14(10)8-2-3-9-7(5-8)1-4-11(16)17-9/h1-5H,6H2,(H,13,18). The second-order valence-corrected chi connectivity index (χ2v) is 4.25. The van der Waals surface area contributed by atoms with Crippen LogP contribution >= 0.6 is 12.2 Å². The van der Waals surface area contributed by atoms with Gasteiger partial charge in [0, 0.05) is 11.5 Å². The van der Waals surface area contributed by atoms with E-state index in [1.54, 1.807) is 24.3 Å². The minimum Gasteiger partial charge on any atom is -0.423 e. The van der Waals surface area contributed by atoms with Crippen LogP contribution in [0.25, 0.3) is 11.0 Å². The van der Waals surface area contributed by atoms with Gasteiger partial charge < -0.3 is 9.73 Å². The minimum atomic E-state index is -0.398. The van der Waals surface area contributed by atoms with Gasteiger partial charge in [-0.15, -0.1) is 0 Å². The highest BCUT2D eigenvalue weighted by Crippen LogP contribution is 2.22. The molecule has 1 aliphatic heterocycles. The van der Waals surface area contributed by atoms with Gasteiger partial charge in [0.1, 0.15) is 5.58 Å². The van der Waals surface area contributed by atoms with Gasteiger partial charge in [-0.3, -0.25) is 9.69 Å². The number of carbonyl (C=O) groups is 1. The van der Waals surface area contributed by atoms with E-state index in [9.17, 15) is 9.59 Å². The molecule has 18 heavy (non-hydrogen) atoms. The van der Waals surface area contributed by atoms with E-state index < -0.39 is 5.63 Å². The van der Waals surface area contributed by atoms with Crippen LogP contribution in [0.5, 0.6) is 0 Å². The van der Waals surface area contributed by atoms with E-state index in [1.807, 2.05) is 0 Å². The molecule has 1 aromatic carbocycles. The Kier molecular flexibility index (Phi) is 2.38. The highest BCUT2D eigenvalue weighted by atomic mass is 32.1. The lowest BCUT2D eigenvalue weighted by molar-refractivity contribution is -0.115. The first-order valence-corrected chi connectivity index (χ1v) is 5.71. The zero-order valence-electron chi connectivity index (χ0n) is 9.17. The predicted octanol–water partition coefficient (Wildman–Crippen LogP) is 1.01. The van der Waals surface area contributed by atoms with E-state index >= 15 is 0 Å². The van der Waals surface area contributed by atoms with Crippen LogP contribution in [-0.2, 0) is 4.79 Å². The van der Waals surface area contributed by atoms with Crippen molar-refractivity contribution in [3.05, 3.63) is 40.8 Å². The van der Waals surface area contributed by atoms with Crippen LogP contribution in [0.15, 0.2) is 39.5 Å².